The molecule has 94 valence electrons. The van der Waals surface area contributed by atoms with Crippen molar-refractivity contribution in [2.24, 2.45) is 0 Å². The van der Waals surface area contributed by atoms with Crippen LogP contribution in [0.25, 0.3) is 0 Å². The molecule has 1 N–H and O–H groups in total. The molecule has 0 aliphatic heterocycles. The van der Waals surface area contributed by atoms with Crippen LogP contribution < -0.4 is 10.1 Å². The smallest absolute Gasteiger partial charge is 0.122 e. The lowest BCUT2D eigenvalue weighted by molar-refractivity contribution is 0.309. The molecule has 2 nitrogen and oxygen atoms in total. The van der Waals surface area contributed by atoms with Crippen LogP contribution in [0.2, 0.25) is 0 Å². The van der Waals surface area contributed by atoms with Crippen molar-refractivity contribution in [2.45, 2.75) is 25.5 Å². The van der Waals surface area contributed by atoms with Crippen LogP contribution in [-0.2, 0) is 13.0 Å². The topological polar surface area (TPSA) is 21.3 Å². The Morgan fingerprint density at radius 3 is 3.11 bits per heavy atom. The van der Waals surface area contributed by atoms with E-state index in [2.05, 4.69) is 41.0 Å². The van der Waals surface area contributed by atoms with E-state index in [1.807, 2.05) is 7.05 Å². The van der Waals surface area contributed by atoms with Crippen LogP contribution in [0.4, 0.5) is 0 Å². The fourth-order valence-electron chi connectivity index (χ4n) is 2.53. The van der Waals surface area contributed by atoms with Crippen LogP contribution in [0.3, 0.4) is 0 Å². The Morgan fingerprint density at radius 1 is 1.39 bits per heavy atom. The third kappa shape index (κ3) is 2.28. The molecule has 0 fully saturated rings. The van der Waals surface area contributed by atoms with E-state index in [0.717, 1.165) is 12.2 Å². The molecule has 3 rings (SSSR count). The summed E-state index contributed by atoms with van der Waals surface area (Å²) in [4.78, 5) is 1.27. The summed E-state index contributed by atoms with van der Waals surface area (Å²) in [7, 11) is 2.03. The van der Waals surface area contributed by atoms with Crippen LogP contribution in [0.1, 0.15) is 28.5 Å². The molecule has 1 aliphatic carbocycles. The predicted octanol–water partition coefficient (Wildman–Crippen LogP) is 3.53. The molecule has 0 spiro atoms. The van der Waals surface area contributed by atoms with Crippen LogP contribution in [0.15, 0.2) is 35.7 Å². The number of ether oxygens (including phenoxy) is 1. The third-order valence-electron chi connectivity index (χ3n) is 3.50. The van der Waals surface area contributed by atoms with Crippen molar-refractivity contribution in [2.75, 3.05) is 7.05 Å². The maximum absolute atomic E-state index is 5.83. The fraction of sp³-hybridized carbons (Fsp3) is 0.333. The van der Waals surface area contributed by atoms with Gasteiger partial charge in [-0.15, -0.1) is 11.3 Å². The van der Waals surface area contributed by atoms with Gasteiger partial charge in [0.2, 0.25) is 0 Å². The zero-order valence-electron chi connectivity index (χ0n) is 10.5. The van der Waals surface area contributed by atoms with Crippen LogP contribution in [0.5, 0.6) is 5.75 Å². The highest BCUT2D eigenvalue weighted by Gasteiger charge is 2.20. The summed E-state index contributed by atoms with van der Waals surface area (Å²) in [5.41, 5.74) is 2.86. The first-order valence-electron chi connectivity index (χ1n) is 6.32. The lowest BCUT2D eigenvalue weighted by Gasteiger charge is -2.11. The largest absolute Gasteiger partial charge is 0.488 e. The highest BCUT2D eigenvalue weighted by atomic mass is 32.1. The van der Waals surface area contributed by atoms with Gasteiger partial charge in [-0.1, -0.05) is 12.1 Å². The number of hydrogen-bond acceptors (Lipinski definition) is 3. The van der Waals surface area contributed by atoms with Crippen molar-refractivity contribution in [1.82, 2.24) is 5.32 Å². The highest BCUT2D eigenvalue weighted by molar-refractivity contribution is 7.09. The Hall–Kier alpha value is -1.32. The van der Waals surface area contributed by atoms with Gasteiger partial charge in [-0.05, 0) is 54.6 Å². The van der Waals surface area contributed by atoms with E-state index in [-0.39, 0.29) is 0 Å². The van der Waals surface area contributed by atoms with E-state index in [0.29, 0.717) is 12.6 Å². The van der Waals surface area contributed by atoms with Gasteiger partial charge in [-0.2, -0.15) is 0 Å². The van der Waals surface area contributed by atoms with Gasteiger partial charge in [0, 0.05) is 10.9 Å². The first-order chi connectivity index (χ1) is 8.86. The molecule has 1 aromatic heterocycles. The molecule has 2 aromatic rings. The van der Waals surface area contributed by atoms with E-state index in [4.69, 9.17) is 4.74 Å². The van der Waals surface area contributed by atoms with E-state index in [1.165, 1.54) is 22.4 Å². The molecular formula is C15H17NOS. The lowest BCUT2D eigenvalue weighted by atomic mass is 10.1. The molecule has 1 aliphatic rings. The second-order valence-corrected chi connectivity index (χ2v) is 5.64. The standard InChI is InChI=1S/C15H17NOS/c1-16-15-7-4-11-9-12(5-6-14(11)15)17-10-13-3-2-8-18-13/h2-3,5-6,8-9,15-16H,4,7,10H2,1H3. The van der Waals surface area contributed by atoms with Crippen molar-refractivity contribution in [3.63, 3.8) is 0 Å². The summed E-state index contributed by atoms with van der Waals surface area (Å²) in [6.45, 7) is 0.673. The molecule has 0 saturated heterocycles. The monoisotopic (exact) mass is 259 g/mol. The molecule has 0 saturated carbocycles. The maximum Gasteiger partial charge on any atom is 0.122 e. The van der Waals surface area contributed by atoms with E-state index in [9.17, 15) is 0 Å². The second-order valence-electron chi connectivity index (χ2n) is 4.61. The van der Waals surface area contributed by atoms with E-state index >= 15 is 0 Å². The van der Waals surface area contributed by atoms with Crippen LogP contribution in [-0.4, -0.2) is 7.05 Å². The molecule has 1 heterocycles. The summed E-state index contributed by atoms with van der Waals surface area (Å²) in [6, 6.07) is 11.2. The number of benzene rings is 1. The number of rotatable bonds is 4. The summed E-state index contributed by atoms with van der Waals surface area (Å²) < 4.78 is 5.83. The van der Waals surface area contributed by atoms with Gasteiger partial charge < -0.3 is 10.1 Å². The van der Waals surface area contributed by atoms with Gasteiger partial charge in [0.1, 0.15) is 12.4 Å². The summed E-state index contributed by atoms with van der Waals surface area (Å²) in [6.07, 6.45) is 2.34. The Balaban J connectivity index is 1.71. The van der Waals surface area contributed by atoms with Gasteiger partial charge in [0.05, 0.1) is 0 Å². The van der Waals surface area contributed by atoms with Crippen molar-refractivity contribution < 1.29 is 4.74 Å². The van der Waals surface area contributed by atoms with Crippen molar-refractivity contribution in [1.29, 1.82) is 0 Å². The molecule has 3 heteroatoms. The van der Waals surface area contributed by atoms with Crippen molar-refractivity contribution in [3.8, 4) is 5.75 Å². The normalized spacial score (nSPS) is 17.7. The number of aryl methyl sites for hydroxylation is 1. The minimum atomic E-state index is 0.520. The molecule has 1 atom stereocenters. The summed E-state index contributed by atoms with van der Waals surface area (Å²) in [5, 5.41) is 5.44. The average Bonchev–Trinajstić information content (AvgIpc) is 3.05. The number of nitrogens with one attached hydrogen (secondary N) is 1. The average molecular weight is 259 g/mol. The van der Waals surface area contributed by atoms with Gasteiger partial charge in [-0.25, -0.2) is 0 Å². The SMILES string of the molecule is CNC1CCc2cc(OCc3cccs3)ccc21. The van der Waals surface area contributed by atoms with Gasteiger partial charge in [-0.3, -0.25) is 0 Å². The number of hydrogen-bond donors (Lipinski definition) is 1. The Labute approximate surface area is 112 Å². The van der Waals surface area contributed by atoms with Gasteiger partial charge in [0.25, 0.3) is 0 Å². The predicted molar refractivity (Wildman–Crippen MR) is 75.2 cm³/mol. The zero-order valence-corrected chi connectivity index (χ0v) is 11.3. The minimum absolute atomic E-state index is 0.520. The molecule has 1 aromatic carbocycles. The molecular weight excluding hydrogens is 242 g/mol. The van der Waals surface area contributed by atoms with Crippen LogP contribution >= 0.6 is 11.3 Å². The molecule has 0 amide bonds. The zero-order chi connectivity index (χ0) is 12.4. The quantitative estimate of drug-likeness (QED) is 0.907. The van der Waals surface area contributed by atoms with Crippen molar-refractivity contribution in [3.05, 3.63) is 51.7 Å². The van der Waals surface area contributed by atoms with Gasteiger partial charge in [0.15, 0.2) is 0 Å². The first kappa shape index (κ1) is 11.8. The number of fused-ring (bicyclic) bond motifs is 1. The maximum atomic E-state index is 5.83. The second kappa shape index (κ2) is 5.12. The number of thiophene rings is 1. The molecule has 0 radical (unpaired) electrons. The fourth-order valence-corrected chi connectivity index (χ4v) is 3.15. The molecule has 18 heavy (non-hydrogen) atoms. The van der Waals surface area contributed by atoms with Gasteiger partial charge >= 0.3 is 0 Å². The minimum Gasteiger partial charge on any atom is -0.488 e. The molecule has 0 bridgehead atoms. The highest BCUT2D eigenvalue weighted by Crippen LogP contribution is 2.33. The summed E-state index contributed by atoms with van der Waals surface area (Å²) in [5.74, 6) is 0.985. The first-order valence-corrected chi connectivity index (χ1v) is 7.20. The Morgan fingerprint density at radius 2 is 2.33 bits per heavy atom. The Kier molecular flexibility index (Phi) is 3.35. The Bertz CT molecular complexity index is 521. The van der Waals surface area contributed by atoms with E-state index in [1.54, 1.807) is 11.3 Å². The molecule has 1 unspecified atom stereocenters. The lowest BCUT2D eigenvalue weighted by Crippen LogP contribution is -2.12. The van der Waals surface area contributed by atoms with Crippen LogP contribution in [0, 0.1) is 0 Å². The third-order valence-corrected chi connectivity index (χ3v) is 4.35. The van der Waals surface area contributed by atoms with Crippen molar-refractivity contribution >= 4 is 11.3 Å². The summed E-state index contributed by atoms with van der Waals surface area (Å²) >= 11 is 1.74. The van der Waals surface area contributed by atoms with E-state index < -0.39 is 0 Å².